The standard InChI is InChI=1S/C22H14F3N5OS/c23-22(24,25)19-17-13-18(32-21(17)30(28-19)16-5-2-1-3-6-16)20(31)27-14-7-9-15(10-8-14)29-12-4-11-26-29/h1-13H,(H,27,31). The quantitative estimate of drug-likeness (QED) is 0.388. The van der Waals surface area contributed by atoms with Gasteiger partial charge in [0.05, 0.1) is 16.3 Å². The summed E-state index contributed by atoms with van der Waals surface area (Å²) in [4.78, 5) is 13.2. The number of anilines is 1. The monoisotopic (exact) mass is 453 g/mol. The van der Waals surface area contributed by atoms with Crippen LogP contribution in [0.25, 0.3) is 21.6 Å². The van der Waals surface area contributed by atoms with Gasteiger partial charge < -0.3 is 5.32 Å². The molecule has 5 rings (SSSR count). The van der Waals surface area contributed by atoms with Gasteiger partial charge >= 0.3 is 6.18 Å². The van der Waals surface area contributed by atoms with E-state index in [-0.39, 0.29) is 15.1 Å². The van der Waals surface area contributed by atoms with Gasteiger partial charge in [-0.1, -0.05) is 18.2 Å². The van der Waals surface area contributed by atoms with Gasteiger partial charge in [-0.15, -0.1) is 11.3 Å². The lowest BCUT2D eigenvalue weighted by Gasteiger charge is -2.06. The van der Waals surface area contributed by atoms with Crippen LogP contribution >= 0.6 is 11.3 Å². The van der Waals surface area contributed by atoms with E-state index in [0.717, 1.165) is 17.0 Å². The Morgan fingerprint density at radius 1 is 0.969 bits per heavy atom. The first-order valence-corrected chi connectivity index (χ1v) is 10.3. The Balaban J connectivity index is 1.48. The van der Waals surface area contributed by atoms with E-state index in [0.29, 0.717) is 11.4 Å². The third kappa shape index (κ3) is 3.65. The van der Waals surface area contributed by atoms with Gasteiger partial charge in [0.15, 0.2) is 5.69 Å². The highest BCUT2D eigenvalue weighted by molar-refractivity contribution is 7.20. The van der Waals surface area contributed by atoms with Gasteiger partial charge in [-0.3, -0.25) is 4.79 Å². The van der Waals surface area contributed by atoms with E-state index in [1.165, 1.54) is 10.7 Å². The van der Waals surface area contributed by atoms with Gasteiger partial charge in [-0.2, -0.15) is 23.4 Å². The van der Waals surface area contributed by atoms with Crippen molar-refractivity contribution >= 4 is 33.1 Å². The molecular weight excluding hydrogens is 439 g/mol. The fourth-order valence-electron chi connectivity index (χ4n) is 3.28. The molecule has 0 radical (unpaired) electrons. The van der Waals surface area contributed by atoms with Crippen molar-refractivity contribution in [2.45, 2.75) is 6.18 Å². The van der Waals surface area contributed by atoms with E-state index >= 15 is 0 Å². The molecule has 32 heavy (non-hydrogen) atoms. The molecule has 0 fully saturated rings. The summed E-state index contributed by atoms with van der Waals surface area (Å²) in [5, 5.41) is 10.5. The second kappa shape index (κ2) is 7.65. The average molecular weight is 453 g/mol. The molecule has 0 atom stereocenters. The lowest BCUT2D eigenvalue weighted by Crippen LogP contribution is -2.11. The van der Waals surface area contributed by atoms with Crippen molar-refractivity contribution in [2.24, 2.45) is 0 Å². The highest BCUT2D eigenvalue weighted by Gasteiger charge is 2.38. The van der Waals surface area contributed by atoms with Crippen molar-refractivity contribution in [1.82, 2.24) is 19.6 Å². The highest BCUT2D eigenvalue weighted by Crippen LogP contribution is 2.39. The number of halogens is 3. The van der Waals surface area contributed by atoms with Gasteiger partial charge in [0, 0.05) is 23.5 Å². The Morgan fingerprint density at radius 2 is 1.72 bits per heavy atom. The highest BCUT2D eigenvalue weighted by atomic mass is 32.1. The number of rotatable bonds is 4. The van der Waals surface area contributed by atoms with Crippen molar-refractivity contribution in [3.05, 3.63) is 89.7 Å². The number of benzene rings is 2. The first-order chi connectivity index (χ1) is 15.4. The minimum Gasteiger partial charge on any atom is -0.321 e. The topological polar surface area (TPSA) is 64.7 Å². The zero-order chi connectivity index (χ0) is 22.3. The van der Waals surface area contributed by atoms with Gasteiger partial charge in [-0.25, -0.2) is 9.36 Å². The van der Waals surface area contributed by atoms with Crippen LogP contribution < -0.4 is 5.32 Å². The number of fused-ring (bicyclic) bond motifs is 1. The number of aromatic nitrogens is 4. The number of hydrogen-bond donors (Lipinski definition) is 1. The maximum Gasteiger partial charge on any atom is 0.435 e. The van der Waals surface area contributed by atoms with Crippen molar-refractivity contribution in [2.75, 3.05) is 5.32 Å². The average Bonchev–Trinajstić information content (AvgIpc) is 3.51. The molecule has 2 aromatic carbocycles. The summed E-state index contributed by atoms with van der Waals surface area (Å²) in [7, 11) is 0. The number of thiophene rings is 1. The molecule has 1 amide bonds. The molecule has 0 aliphatic rings. The maximum atomic E-state index is 13.6. The Morgan fingerprint density at radius 3 is 2.38 bits per heavy atom. The fraction of sp³-hybridized carbons (Fsp3) is 0.0455. The van der Waals surface area contributed by atoms with Crippen molar-refractivity contribution in [3.8, 4) is 11.4 Å². The minimum absolute atomic E-state index is 0.106. The number of nitrogens with zero attached hydrogens (tertiary/aromatic N) is 4. The second-order valence-electron chi connectivity index (χ2n) is 6.87. The first kappa shape index (κ1) is 20.0. The molecule has 5 aromatic rings. The molecule has 0 aliphatic carbocycles. The Bertz CT molecular complexity index is 1390. The summed E-state index contributed by atoms with van der Waals surface area (Å²) in [5.74, 6) is -0.495. The minimum atomic E-state index is -4.64. The van der Waals surface area contributed by atoms with Crippen molar-refractivity contribution < 1.29 is 18.0 Å². The molecule has 0 bridgehead atoms. The van der Waals surface area contributed by atoms with Crippen LogP contribution in [0.15, 0.2) is 79.1 Å². The van der Waals surface area contributed by atoms with Crippen LogP contribution in [0.4, 0.5) is 18.9 Å². The van der Waals surface area contributed by atoms with Gasteiger partial charge in [0.2, 0.25) is 0 Å². The van der Waals surface area contributed by atoms with E-state index in [9.17, 15) is 18.0 Å². The number of hydrogen-bond acceptors (Lipinski definition) is 4. The molecular formula is C22H14F3N5OS. The zero-order valence-electron chi connectivity index (χ0n) is 16.2. The Kier molecular flexibility index (Phi) is 4.78. The number of amides is 1. The number of carbonyl (C=O) groups excluding carboxylic acids is 1. The summed E-state index contributed by atoms with van der Waals surface area (Å²) in [6.45, 7) is 0. The first-order valence-electron chi connectivity index (χ1n) is 9.47. The van der Waals surface area contributed by atoms with Gasteiger partial charge in [-0.05, 0) is 48.5 Å². The molecule has 0 spiro atoms. The molecule has 3 heterocycles. The summed E-state index contributed by atoms with van der Waals surface area (Å²) in [6, 6.07) is 18.5. The molecule has 1 N–H and O–H groups in total. The van der Waals surface area contributed by atoms with Crippen LogP contribution in [-0.2, 0) is 6.18 Å². The molecule has 0 unspecified atom stereocenters. The molecule has 160 valence electrons. The van der Waals surface area contributed by atoms with E-state index in [4.69, 9.17) is 0 Å². The van der Waals surface area contributed by atoms with Crippen LogP contribution in [-0.4, -0.2) is 25.5 Å². The van der Waals surface area contributed by atoms with Crippen molar-refractivity contribution in [3.63, 3.8) is 0 Å². The second-order valence-corrected chi connectivity index (χ2v) is 7.91. The number of carbonyl (C=O) groups is 1. The van der Waals surface area contributed by atoms with Gasteiger partial charge in [0.1, 0.15) is 4.83 Å². The van der Waals surface area contributed by atoms with E-state index in [2.05, 4.69) is 15.5 Å². The molecule has 6 nitrogen and oxygen atoms in total. The predicted molar refractivity (Wildman–Crippen MR) is 115 cm³/mol. The summed E-state index contributed by atoms with van der Waals surface area (Å²) < 4.78 is 43.6. The normalized spacial score (nSPS) is 11.7. The third-order valence-electron chi connectivity index (χ3n) is 4.75. The number of alkyl halides is 3. The van der Waals surface area contributed by atoms with Crippen LogP contribution in [0, 0.1) is 0 Å². The molecule has 0 saturated heterocycles. The number of nitrogens with one attached hydrogen (secondary N) is 1. The van der Waals surface area contributed by atoms with E-state index < -0.39 is 17.8 Å². The lowest BCUT2D eigenvalue weighted by atomic mass is 10.2. The van der Waals surface area contributed by atoms with E-state index in [1.54, 1.807) is 77.7 Å². The zero-order valence-corrected chi connectivity index (χ0v) is 17.1. The molecule has 10 heteroatoms. The predicted octanol–water partition coefficient (Wildman–Crippen LogP) is 5.54. The summed E-state index contributed by atoms with van der Waals surface area (Å²) in [5.41, 5.74) is 0.794. The summed E-state index contributed by atoms with van der Waals surface area (Å²) in [6.07, 6.45) is -1.20. The summed E-state index contributed by atoms with van der Waals surface area (Å²) >= 11 is 0.959. The van der Waals surface area contributed by atoms with Crippen LogP contribution in [0.2, 0.25) is 0 Å². The molecule has 3 aromatic heterocycles. The molecule has 0 saturated carbocycles. The SMILES string of the molecule is O=C(Nc1ccc(-n2cccn2)cc1)c1cc2c(C(F)(F)F)nn(-c3ccccc3)c2s1. The number of para-hydroxylation sites is 1. The maximum absolute atomic E-state index is 13.6. The van der Waals surface area contributed by atoms with E-state index in [1.807, 2.05) is 0 Å². The fourth-order valence-corrected chi connectivity index (χ4v) is 4.31. The van der Waals surface area contributed by atoms with Crippen LogP contribution in [0.3, 0.4) is 0 Å². The molecule has 0 aliphatic heterocycles. The third-order valence-corrected chi connectivity index (χ3v) is 5.86. The lowest BCUT2D eigenvalue weighted by molar-refractivity contribution is -0.140. The Hall–Kier alpha value is -3.92. The van der Waals surface area contributed by atoms with Crippen LogP contribution in [0.1, 0.15) is 15.4 Å². The largest absolute Gasteiger partial charge is 0.435 e. The Labute approximate surface area is 183 Å². The van der Waals surface area contributed by atoms with Crippen molar-refractivity contribution in [1.29, 1.82) is 0 Å². The smallest absolute Gasteiger partial charge is 0.321 e. The van der Waals surface area contributed by atoms with Gasteiger partial charge in [0.25, 0.3) is 5.91 Å². The van der Waals surface area contributed by atoms with Crippen LogP contribution in [0.5, 0.6) is 0 Å².